The zero-order valence-electron chi connectivity index (χ0n) is 13.6. The lowest BCUT2D eigenvalue weighted by molar-refractivity contribution is -0.0364. The molecule has 22 heavy (non-hydrogen) atoms. The number of hydrogen-bond donors (Lipinski definition) is 1. The van der Waals surface area contributed by atoms with Crippen LogP contribution in [0.5, 0.6) is 0 Å². The molecule has 4 bridgehead atoms. The molecule has 0 heterocycles. The number of hydrogen-bond acceptors (Lipinski definition) is 1. The second-order valence-corrected chi connectivity index (χ2v) is 8.71. The van der Waals surface area contributed by atoms with Gasteiger partial charge in [-0.05, 0) is 98.6 Å². The Kier molecular flexibility index (Phi) is 3.32. The van der Waals surface area contributed by atoms with Gasteiger partial charge in [-0.3, -0.25) is 0 Å². The maximum atomic E-state index is 3.99. The summed E-state index contributed by atoms with van der Waals surface area (Å²) in [6.07, 6.45) is 11.7. The van der Waals surface area contributed by atoms with Crippen molar-refractivity contribution in [2.75, 3.05) is 6.54 Å². The summed E-state index contributed by atoms with van der Waals surface area (Å²) >= 11 is 0. The topological polar surface area (TPSA) is 12.0 Å². The quantitative estimate of drug-likeness (QED) is 0.881. The molecular formula is C21H29N. The zero-order chi connectivity index (χ0) is 14.5. The van der Waals surface area contributed by atoms with Gasteiger partial charge in [0.05, 0.1) is 0 Å². The van der Waals surface area contributed by atoms with Gasteiger partial charge in [0.15, 0.2) is 0 Å². The van der Waals surface area contributed by atoms with Crippen LogP contribution in [0.1, 0.15) is 49.7 Å². The summed E-state index contributed by atoms with van der Waals surface area (Å²) in [7, 11) is 0. The van der Waals surface area contributed by atoms with Crippen LogP contribution in [0.15, 0.2) is 24.3 Å². The van der Waals surface area contributed by atoms with E-state index in [0.29, 0.717) is 0 Å². The van der Waals surface area contributed by atoms with Gasteiger partial charge in [-0.1, -0.05) is 24.3 Å². The maximum Gasteiger partial charge on any atom is 0.0111 e. The molecule has 6 rings (SSSR count). The van der Waals surface area contributed by atoms with Crippen molar-refractivity contribution in [2.24, 2.45) is 29.6 Å². The summed E-state index contributed by atoms with van der Waals surface area (Å²) in [6.45, 7) is 1.31. The standard InChI is InChI=1S/C21H29N/c1-2-4-17-12-20(6-5-16(17)3-1)22-13-21-18-8-14-7-15(10-18)11-19(21)9-14/h1-4,14-15,18-22H,5-13H2. The Morgan fingerprint density at radius 1 is 0.864 bits per heavy atom. The van der Waals surface area contributed by atoms with E-state index in [0.717, 1.165) is 35.6 Å². The third-order valence-electron chi connectivity index (χ3n) is 7.41. The van der Waals surface area contributed by atoms with E-state index in [1.165, 1.54) is 25.8 Å². The minimum absolute atomic E-state index is 0.729. The summed E-state index contributed by atoms with van der Waals surface area (Å²) in [5.74, 6) is 5.37. The van der Waals surface area contributed by atoms with Crippen molar-refractivity contribution in [1.29, 1.82) is 0 Å². The Hall–Kier alpha value is -0.820. The van der Waals surface area contributed by atoms with Gasteiger partial charge < -0.3 is 5.32 Å². The fourth-order valence-electron chi connectivity index (χ4n) is 6.55. The number of nitrogens with one attached hydrogen (secondary N) is 1. The van der Waals surface area contributed by atoms with Crippen molar-refractivity contribution in [2.45, 2.75) is 57.4 Å². The van der Waals surface area contributed by atoms with Gasteiger partial charge in [0.25, 0.3) is 0 Å². The Morgan fingerprint density at radius 3 is 2.27 bits per heavy atom. The van der Waals surface area contributed by atoms with Crippen LogP contribution in [0, 0.1) is 29.6 Å². The van der Waals surface area contributed by atoms with Gasteiger partial charge in [0, 0.05) is 6.04 Å². The van der Waals surface area contributed by atoms with E-state index in [9.17, 15) is 0 Å². The maximum absolute atomic E-state index is 3.99. The highest BCUT2D eigenvalue weighted by Gasteiger charge is 2.47. The summed E-state index contributed by atoms with van der Waals surface area (Å²) in [4.78, 5) is 0. The first-order chi connectivity index (χ1) is 10.8. The number of fused-ring (bicyclic) bond motifs is 1. The van der Waals surface area contributed by atoms with Gasteiger partial charge in [0.1, 0.15) is 0 Å². The van der Waals surface area contributed by atoms with Crippen molar-refractivity contribution < 1.29 is 0 Å². The molecule has 1 heteroatoms. The minimum atomic E-state index is 0.729. The lowest BCUT2D eigenvalue weighted by atomic mass is 9.52. The molecule has 4 fully saturated rings. The Labute approximate surface area is 134 Å². The summed E-state index contributed by atoms with van der Waals surface area (Å²) in [5, 5.41) is 3.99. The first-order valence-corrected chi connectivity index (χ1v) is 9.65. The van der Waals surface area contributed by atoms with Crippen molar-refractivity contribution >= 4 is 0 Å². The molecule has 4 saturated carbocycles. The van der Waals surface area contributed by atoms with Crippen molar-refractivity contribution in [3.63, 3.8) is 0 Å². The van der Waals surface area contributed by atoms with Crippen molar-refractivity contribution in [3.05, 3.63) is 35.4 Å². The lowest BCUT2D eigenvalue weighted by Gasteiger charge is -2.54. The molecule has 1 aromatic carbocycles. The molecule has 1 nitrogen and oxygen atoms in total. The Morgan fingerprint density at radius 2 is 1.55 bits per heavy atom. The fourth-order valence-corrected chi connectivity index (χ4v) is 6.55. The third-order valence-corrected chi connectivity index (χ3v) is 7.41. The summed E-state index contributed by atoms with van der Waals surface area (Å²) < 4.78 is 0. The van der Waals surface area contributed by atoms with E-state index < -0.39 is 0 Å². The first-order valence-electron chi connectivity index (χ1n) is 9.65. The molecular weight excluding hydrogens is 266 g/mol. The van der Waals surface area contributed by atoms with E-state index in [2.05, 4.69) is 29.6 Å². The van der Waals surface area contributed by atoms with E-state index in [1.54, 1.807) is 43.2 Å². The largest absolute Gasteiger partial charge is 0.313 e. The SMILES string of the molecule is c1ccc2c(c1)CCC(NCC1C3CC4CC(C3)CC1C4)C2. The second-order valence-electron chi connectivity index (χ2n) is 8.71. The normalized spacial score (nSPS) is 42.4. The molecule has 0 aromatic heterocycles. The van der Waals surface area contributed by atoms with E-state index >= 15 is 0 Å². The number of benzene rings is 1. The molecule has 5 aliphatic carbocycles. The van der Waals surface area contributed by atoms with Crippen LogP contribution in [-0.2, 0) is 12.8 Å². The highest BCUT2D eigenvalue weighted by atomic mass is 14.9. The molecule has 118 valence electrons. The molecule has 1 atom stereocenters. The first kappa shape index (κ1) is 13.6. The Balaban J connectivity index is 1.22. The van der Waals surface area contributed by atoms with Gasteiger partial charge in [-0.25, -0.2) is 0 Å². The Bertz CT molecular complexity index is 521. The molecule has 1 unspecified atom stereocenters. The number of aryl methyl sites for hydroxylation is 1. The molecule has 1 N–H and O–H groups in total. The van der Waals surface area contributed by atoms with E-state index in [4.69, 9.17) is 0 Å². The summed E-state index contributed by atoms with van der Waals surface area (Å²) in [6, 6.07) is 9.79. The van der Waals surface area contributed by atoms with Gasteiger partial charge in [0.2, 0.25) is 0 Å². The molecule has 0 amide bonds. The highest BCUT2D eigenvalue weighted by Crippen LogP contribution is 2.56. The van der Waals surface area contributed by atoms with Crippen LogP contribution in [0.2, 0.25) is 0 Å². The van der Waals surface area contributed by atoms with Crippen LogP contribution in [0.3, 0.4) is 0 Å². The van der Waals surface area contributed by atoms with Crippen LogP contribution in [-0.4, -0.2) is 12.6 Å². The van der Waals surface area contributed by atoms with Gasteiger partial charge in [-0.2, -0.15) is 0 Å². The molecule has 1 aromatic rings. The molecule has 0 aliphatic heterocycles. The van der Waals surface area contributed by atoms with E-state index in [-0.39, 0.29) is 0 Å². The monoisotopic (exact) mass is 295 g/mol. The van der Waals surface area contributed by atoms with Crippen LogP contribution >= 0.6 is 0 Å². The molecule has 5 aliphatic rings. The minimum Gasteiger partial charge on any atom is -0.313 e. The lowest BCUT2D eigenvalue weighted by Crippen LogP contribution is -2.50. The van der Waals surface area contributed by atoms with Crippen molar-refractivity contribution in [1.82, 2.24) is 5.32 Å². The number of rotatable bonds is 3. The van der Waals surface area contributed by atoms with Crippen LogP contribution in [0.4, 0.5) is 0 Å². The average molecular weight is 295 g/mol. The highest BCUT2D eigenvalue weighted by molar-refractivity contribution is 5.30. The molecule has 0 radical (unpaired) electrons. The molecule has 0 spiro atoms. The fraction of sp³-hybridized carbons (Fsp3) is 0.714. The predicted molar refractivity (Wildman–Crippen MR) is 90.8 cm³/mol. The van der Waals surface area contributed by atoms with Crippen LogP contribution < -0.4 is 5.32 Å². The predicted octanol–water partition coefficient (Wildman–Crippen LogP) is 4.21. The second kappa shape index (κ2) is 5.37. The average Bonchev–Trinajstić information content (AvgIpc) is 2.53. The third kappa shape index (κ3) is 2.33. The van der Waals surface area contributed by atoms with Crippen LogP contribution in [0.25, 0.3) is 0 Å². The van der Waals surface area contributed by atoms with Crippen molar-refractivity contribution in [3.8, 4) is 0 Å². The summed E-state index contributed by atoms with van der Waals surface area (Å²) in [5.41, 5.74) is 3.19. The smallest absolute Gasteiger partial charge is 0.0111 e. The van der Waals surface area contributed by atoms with Gasteiger partial charge >= 0.3 is 0 Å². The zero-order valence-corrected chi connectivity index (χ0v) is 13.6. The van der Waals surface area contributed by atoms with E-state index in [1.807, 2.05) is 0 Å². The van der Waals surface area contributed by atoms with Gasteiger partial charge in [-0.15, -0.1) is 0 Å². The molecule has 0 saturated heterocycles.